The van der Waals surface area contributed by atoms with E-state index in [4.69, 9.17) is 10.5 Å². The Morgan fingerprint density at radius 2 is 2.50 bits per heavy atom. The number of nitrogens with one attached hydrogen (secondary N) is 2. The zero-order valence-corrected chi connectivity index (χ0v) is 10.4. The predicted octanol–water partition coefficient (Wildman–Crippen LogP) is -0.111. The van der Waals surface area contributed by atoms with Gasteiger partial charge in [-0.05, 0) is 19.1 Å². The maximum absolute atomic E-state index is 11.1. The maximum Gasteiger partial charge on any atom is 0.248 e. The Labute approximate surface area is 106 Å². The zero-order valence-electron chi connectivity index (χ0n) is 10.4. The molecule has 0 aliphatic carbocycles. The van der Waals surface area contributed by atoms with Crippen LogP contribution in [0.1, 0.15) is 16.1 Å². The van der Waals surface area contributed by atoms with Crippen molar-refractivity contribution in [1.82, 2.24) is 10.3 Å². The van der Waals surface area contributed by atoms with E-state index in [2.05, 4.69) is 15.6 Å². The number of nitrogens with zero attached hydrogens (tertiary/aromatic N) is 1. The van der Waals surface area contributed by atoms with Gasteiger partial charge in [0.1, 0.15) is 5.82 Å². The van der Waals surface area contributed by atoms with Gasteiger partial charge in [0.05, 0.1) is 13.2 Å². The Morgan fingerprint density at radius 3 is 3.17 bits per heavy atom. The van der Waals surface area contributed by atoms with Crippen LogP contribution in [0.15, 0.2) is 12.1 Å². The molecule has 1 aliphatic rings. The first kappa shape index (κ1) is 12.8. The van der Waals surface area contributed by atoms with E-state index < -0.39 is 5.91 Å². The summed E-state index contributed by atoms with van der Waals surface area (Å²) in [5, 5.41) is 6.52. The molecule has 1 aromatic heterocycles. The number of ether oxygens (including phenoxy) is 1. The van der Waals surface area contributed by atoms with Crippen molar-refractivity contribution in [2.75, 3.05) is 31.6 Å². The van der Waals surface area contributed by atoms with Gasteiger partial charge in [0.2, 0.25) is 5.91 Å². The van der Waals surface area contributed by atoms with Gasteiger partial charge >= 0.3 is 0 Å². The van der Waals surface area contributed by atoms with E-state index >= 15 is 0 Å². The number of carbonyl (C=O) groups is 1. The lowest BCUT2D eigenvalue weighted by Crippen LogP contribution is -2.45. The smallest absolute Gasteiger partial charge is 0.248 e. The average molecular weight is 250 g/mol. The second-order valence-corrected chi connectivity index (χ2v) is 4.35. The summed E-state index contributed by atoms with van der Waals surface area (Å²) in [7, 11) is 0. The summed E-state index contributed by atoms with van der Waals surface area (Å²) in [5.74, 6) is 0.221. The second-order valence-electron chi connectivity index (χ2n) is 4.35. The SMILES string of the molecule is Cc1cc(C(N)=O)cc(NCC2COCCN2)n1. The molecule has 6 heteroatoms. The molecule has 1 unspecified atom stereocenters. The quantitative estimate of drug-likeness (QED) is 0.694. The Kier molecular flexibility index (Phi) is 4.11. The van der Waals surface area contributed by atoms with Crippen LogP contribution in [0, 0.1) is 6.92 Å². The van der Waals surface area contributed by atoms with Gasteiger partial charge in [0.15, 0.2) is 0 Å². The van der Waals surface area contributed by atoms with Gasteiger partial charge in [-0.1, -0.05) is 0 Å². The van der Waals surface area contributed by atoms with Crippen LogP contribution in [-0.4, -0.2) is 43.2 Å². The Bertz CT molecular complexity index is 430. The molecule has 18 heavy (non-hydrogen) atoms. The number of hydrogen-bond acceptors (Lipinski definition) is 5. The molecule has 0 aromatic carbocycles. The fraction of sp³-hybridized carbons (Fsp3) is 0.500. The summed E-state index contributed by atoms with van der Waals surface area (Å²) >= 11 is 0. The third kappa shape index (κ3) is 3.41. The molecule has 6 nitrogen and oxygen atoms in total. The number of aromatic nitrogens is 1. The molecule has 0 saturated carbocycles. The first-order valence-corrected chi connectivity index (χ1v) is 5.98. The molecule has 98 valence electrons. The third-order valence-corrected chi connectivity index (χ3v) is 2.77. The molecule has 0 radical (unpaired) electrons. The number of aryl methyl sites for hydroxylation is 1. The van der Waals surface area contributed by atoms with Gasteiger partial charge in [-0.3, -0.25) is 4.79 Å². The number of amides is 1. The molecule has 1 aromatic rings. The summed E-state index contributed by atoms with van der Waals surface area (Å²) < 4.78 is 5.36. The van der Waals surface area contributed by atoms with Crippen LogP contribution in [0.5, 0.6) is 0 Å². The van der Waals surface area contributed by atoms with E-state index in [9.17, 15) is 4.79 Å². The highest BCUT2D eigenvalue weighted by Gasteiger charge is 2.13. The number of nitrogens with two attached hydrogens (primary N) is 1. The van der Waals surface area contributed by atoms with Gasteiger partial charge in [-0.25, -0.2) is 4.98 Å². The van der Waals surface area contributed by atoms with Crippen LogP contribution in [0.3, 0.4) is 0 Å². The number of carbonyl (C=O) groups excluding carboxylic acids is 1. The van der Waals surface area contributed by atoms with Gasteiger partial charge in [0.25, 0.3) is 0 Å². The number of pyridine rings is 1. The molecule has 1 amide bonds. The number of anilines is 1. The van der Waals surface area contributed by atoms with Crippen LogP contribution in [0.4, 0.5) is 5.82 Å². The van der Waals surface area contributed by atoms with Crippen LogP contribution in [-0.2, 0) is 4.74 Å². The van der Waals surface area contributed by atoms with Crippen molar-refractivity contribution >= 4 is 11.7 Å². The first-order chi connectivity index (χ1) is 8.65. The van der Waals surface area contributed by atoms with E-state index in [0.29, 0.717) is 24.5 Å². The third-order valence-electron chi connectivity index (χ3n) is 2.77. The van der Waals surface area contributed by atoms with Crippen molar-refractivity contribution in [3.63, 3.8) is 0 Å². The summed E-state index contributed by atoms with van der Waals surface area (Å²) in [5.41, 5.74) is 6.50. The molecule has 0 spiro atoms. The van der Waals surface area contributed by atoms with Crippen molar-refractivity contribution < 1.29 is 9.53 Å². The Hall–Kier alpha value is -1.66. The minimum atomic E-state index is -0.442. The lowest BCUT2D eigenvalue weighted by molar-refractivity contribution is 0.0806. The number of hydrogen-bond donors (Lipinski definition) is 3. The summed E-state index contributed by atoms with van der Waals surface area (Å²) in [6.07, 6.45) is 0. The number of rotatable bonds is 4. The molecule has 0 bridgehead atoms. The largest absolute Gasteiger partial charge is 0.378 e. The molecule has 1 atom stereocenters. The summed E-state index contributed by atoms with van der Waals surface area (Å²) in [4.78, 5) is 15.5. The van der Waals surface area contributed by atoms with E-state index in [1.165, 1.54) is 0 Å². The van der Waals surface area contributed by atoms with E-state index in [1.54, 1.807) is 12.1 Å². The minimum absolute atomic E-state index is 0.262. The van der Waals surface area contributed by atoms with Crippen LogP contribution in [0.25, 0.3) is 0 Å². The first-order valence-electron chi connectivity index (χ1n) is 5.98. The lowest BCUT2D eigenvalue weighted by Gasteiger charge is -2.24. The van der Waals surface area contributed by atoms with Crippen molar-refractivity contribution in [2.24, 2.45) is 5.73 Å². The van der Waals surface area contributed by atoms with E-state index in [0.717, 1.165) is 18.8 Å². The van der Waals surface area contributed by atoms with Crippen molar-refractivity contribution in [2.45, 2.75) is 13.0 Å². The Balaban J connectivity index is 1.97. The molecular weight excluding hydrogens is 232 g/mol. The van der Waals surface area contributed by atoms with E-state index in [1.807, 2.05) is 6.92 Å². The van der Waals surface area contributed by atoms with Gasteiger partial charge in [-0.15, -0.1) is 0 Å². The molecule has 2 rings (SSSR count). The van der Waals surface area contributed by atoms with Crippen LogP contribution < -0.4 is 16.4 Å². The molecular formula is C12H18N4O2. The molecule has 1 fully saturated rings. The summed E-state index contributed by atoms with van der Waals surface area (Å²) in [6.45, 7) is 4.83. The van der Waals surface area contributed by atoms with Crippen molar-refractivity contribution in [3.8, 4) is 0 Å². The normalized spacial score (nSPS) is 19.5. The molecule has 1 saturated heterocycles. The standard InChI is InChI=1S/C12H18N4O2/c1-8-4-9(12(13)17)5-11(16-8)15-6-10-7-18-3-2-14-10/h4-5,10,14H,2-3,6-7H2,1H3,(H2,13,17)(H,15,16). The molecule has 2 heterocycles. The Morgan fingerprint density at radius 1 is 1.67 bits per heavy atom. The fourth-order valence-corrected chi connectivity index (χ4v) is 1.88. The summed E-state index contributed by atoms with van der Waals surface area (Å²) in [6, 6.07) is 3.60. The maximum atomic E-state index is 11.1. The highest BCUT2D eigenvalue weighted by Crippen LogP contribution is 2.10. The molecule has 4 N–H and O–H groups in total. The van der Waals surface area contributed by atoms with Crippen molar-refractivity contribution in [3.05, 3.63) is 23.4 Å². The van der Waals surface area contributed by atoms with Crippen molar-refractivity contribution in [1.29, 1.82) is 0 Å². The average Bonchev–Trinajstić information content (AvgIpc) is 2.37. The highest BCUT2D eigenvalue weighted by atomic mass is 16.5. The lowest BCUT2D eigenvalue weighted by atomic mass is 10.2. The fourth-order valence-electron chi connectivity index (χ4n) is 1.88. The number of primary amides is 1. The van der Waals surface area contributed by atoms with Gasteiger partial charge in [-0.2, -0.15) is 0 Å². The minimum Gasteiger partial charge on any atom is -0.378 e. The molecule has 1 aliphatic heterocycles. The van der Waals surface area contributed by atoms with Gasteiger partial charge in [0, 0.05) is 30.4 Å². The second kappa shape index (κ2) is 5.79. The monoisotopic (exact) mass is 250 g/mol. The zero-order chi connectivity index (χ0) is 13.0. The number of morpholine rings is 1. The highest BCUT2D eigenvalue weighted by molar-refractivity contribution is 5.93. The van der Waals surface area contributed by atoms with Crippen LogP contribution >= 0.6 is 0 Å². The predicted molar refractivity (Wildman–Crippen MR) is 68.6 cm³/mol. The topological polar surface area (TPSA) is 89.3 Å². The van der Waals surface area contributed by atoms with E-state index in [-0.39, 0.29) is 6.04 Å². The van der Waals surface area contributed by atoms with Crippen LogP contribution in [0.2, 0.25) is 0 Å². The van der Waals surface area contributed by atoms with Gasteiger partial charge < -0.3 is 21.1 Å².